The van der Waals surface area contributed by atoms with Crippen molar-refractivity contribution in [3.63, 3.8) is 0 Å². The van der Waals surface area contributed by atoms with E-state index in [4.69, 9.17) is 4.74 Å². The van der Waals surface area contributed by atoms with Crippen LogP contribution in [0.4, 0.5) is 0 Å². The lowest BCUT2D eigenvalue weighted by Gasteiger charge is -2.51. The Balaban J connectivity index is 1.39. The Labute approximate surface area is 116 Å². The minimum atomic E-state index is 0.224. The van der Waals surface area contributed by atoms with E-state index in [1.165, 1.54) is 64.6 Å². The van der Waals surface area contributed by atoms with Crippen molar-refractivity contribution >= 4 is 6.47 Å². The molecule has 3 fully saturated rings. The lowest BCUT2D eigenvalue weighted by Crippen LogP contribution is -2.50. The topological polar surface area (TPSA) is 29.5 Å². The maximum absolute atomic E-state index is 10.3. The van der Waals surface area contributed by atoms with E-state index in [9.17, 15) is 4.79 Å². The Kier molecular flexibility index (Phi) is 4.11. The minimum absolute atomic E-state index is 0.224. The number of hydrogen-bond donors (Lipinski definition) is 0. The minimum Gasteiger partial charge on any atom is -0.465 e. The Hall–Kier alpha value is -0.570. The first-order valence-electron chi connectivity index (χ1n) is 8.11. The second-order valence-electron chi connectivity index (χ2n) is 7.07. The SMILES string of the molecule is O=COC1CC2(CCN(CC3CCCCC3)CC2)C1. The molecule has 3 heteroatoms. The molecule has 1 heterocycles. The van der Waals surface area contributed by atoms with E-state index in [0.717, 1.165) is 18.8 Å². The molecule has 3 rings (SSSR count). The summed E-state index contributed by atoms with van der Waals surface area (Å²) < 4.78 is 5.06. The predicted molar refractivity (Wildman–Crippen MR) is 74.9 cm³/mol. The fourth-order valence-electron chi connectivity index (χ4n) is 4.43. The van der Waals surface area contributed by atoms with E-state index in [0.29, 0.717) is 11.9 Å². The first kappa shape index (κ1) is 13.4. The molecule has 0 unspecified atom stereocenters. The number of carbonyl (C=O) groups is 1. The molecule has 108 valence electrons. The van der Waals surface area contributed by atoms with Gasteiger partial charge in [0.1, 0.15) is 6.10 Å². The fourth-order valence-corrected chi connectivity index (χ4v) is 4.43. The van der Waals surface area contributed by atoms with Gasteiger partial charge in [0.15, 0.2) is 0 Å². The third-order valence-electron chi connectivity index (χ3n) is 5.73. The molecule has 0 aromatic heterocycles. The highest BCUT2D eigenvalue weighted by Gasteiger charge is 2.46. The number of likely N-dealkylation sites (tertiary alicyclic amines) is 1. The number of piperidine rings is 1. The average molecular weight is 265 g/mol. The summed E-state index contributed by atoms with van der Waals surface area (Å²) in [6.45, 7) is 4.49. The second kappa shape index (κ2) is 5.82. The fraction of sp³-hybridized carbons (Fsp3) is 0.938. The van der Waals surface area contributed by atoms with Crippen molar-refractivity contribution in [1.29, 1.82) is 0 Å². The van der Waals surface area contributed by atoms with E-state index in [2.05, 4.69) is 4.90 Å². The maximum atomic E-state index is 10.3. The van der Waals surface area contributed by atoms with Gasteiger partial charge in [0, 0.05) is 6.54 Å². The number of ether oxygens (including phenoxy) is 1. The van der Waals surface area contributed by atoms with E-state index >= 15 is 0 Å². The van der Waals surface area contributed by atoms with Crippen molar-refractivity contribution in [2.24, 2.45) is 11.3 Å². The summed E-state index contributed by atoms with van der Waals surface area (Å²) in [5.41, 5.74) is 0.525. The first-order valence-corrected chi connectivity index (χ1v) is 8.11. The smallest absolute Gasteiger partial charge is 0.293 e. The first-order chi connectivity index (χ1) is 9.30. The summed E-state index contributed by atoms with van der Waals surface area (Å²) in [6.07, 6.45) is 12.4. The Morgan fingerprint density at radius 2 is 1.79 bits per heavy atom. The van der Waals surface area contributed by atoms with Gasteiger partial charge in [-0.05, 0) is 62.9 Å². The second-order valence-corrected chi connectivity index (χ2v) is 7.07. The van der Waals surface area contributed by atoms with Gasteiger partial charge in [0.05, 0.1) is 0 Å². The molecule has 0 aromatic rings. The summed E-state index contributed by atoms with van der Waals surface area (Å²) in [4.78, 5) is 13.0. The van der Waals surface area contributed by atoms with Crippen molar-refractivity contribution in [1.82, 2.24) is 4.90 Å². The van der Waals surface area contributed by atoms with Crippen LogP contribution >= 0.6 is 0 Å². The maximum Gasteiger partial charge on any atom is 0.293 e. The third kappa shape index (κ3) is 3.13. The molecule has 1 spiro atoms. The lowest BCUT2D eigenvalue weighted by molar-refractivity contribution is -0.149. The zero-order valence-electron chi connectivity index (χ0n) is 12.0. The van der Waals surface area contributed by atoms with E-state index in [1.807, 2.05) is 0 Å². The van der Waals surface area contributed by atoms with E-state index in [-0.39, 0.29) is 6.10 Å². The molecule has 2 aliphatic carbocycles. The molecule has 0 amide bonds. The molecule has 3 nitrogen and oxygen atoms in total. The molecule has 3 aliphatic rings. The van der Waals surface area contributed by atoms with Gasteiger partial charge in [-0.1, -0.05) is 19.3 Å². The van der Waals surface area contributed by atoms with Gasteiger partial charge in [-0.2, -0.15) is 0 Å². The predicted octanol–water partition coefficient (Wildman–Crippen LogP) is 2.98. The number of carbonyl (C=O) groups excluding carboxylic acids is 1. The van der Waals surface area contributed by atoms with Crippen LogP contribution in [0.3, 0.4) is 0 Å². The van der Waals surface area contributed by atoms with Crippen molar-refractivity contribution in [2.45, 2.75) is 63.9 Å². The Bertz CT molecular complexity index is 296. The molecular formula is C16H27NO2. The van der Waals surface area contributed by atoms with Crippen molar-refractivity contribution in [3.05, 3.63) is 0 Å². The Morgan fingerprint density at radius 1 is 1.11 bits per heavy atom. The van der Waals surface area contributed by atoms with Gasteiger partial charge < -0.3 is 9.64 Å². The van der Waals surface area contributed by atoms with Crippen LogP contribution in [-0.2, 0) is 9.53 Å². The van der Waals surface area contributed by atoms with Crippen LogP contribution < -0.4 is 0 Å². The molecule has 0 bridgehead atoms. The van der Waals surface area contributed by atoms with Crippen molar-refractivity contribution in [2.75, 3.05) is 19.6 Å². The van der Waals surface area contributed by atoms with Crippen LogP contribution in [0.2, 0.25) is 0 Å². The Morgan fingerprint density at radius 3 is 2.42 bits per heavy atom. The normalized spacial score (nSPS) is 29.1. The molecule has 0 aromatic carbocycles. The molecular weight excluding hydrogens is 238 g/mol. The highest BCUT2D eigenvalue weighted by Crippen LogP contribution is 2.50. The van der Waals surface area contributed by atoms with E-state index < -0.39 is 0 Å². The van der Waals surface area contributed by atoms with Crippen LogP contribution in [-0.4, -0.2) is 37.1 Å². The zero-order valence-corrected chi connectivity index (χ0v) is 12.0. The summed E-state index contributed by atoms with van der Waals surface area (Å²) in [5, 5.41) is 0. The monoisotopic (exact) mass is 265 g/mol. The third-order valence-corrected chi connectivity index (χ3v) is 5.73. The highest BCUT2D eigenvalue weighted by atomic mass is 16.5. The standard InChI is InChI=1S/C16H27NO2/c18-13-19-15-10-16(11-15)6-8-17(9-7-16)12-14-4-2-1-3-5-14/h13-15H,1-12H2. The van der Waals surface area contributed by atoms with Gasteiger partial charge in [-0.15, -0.1) is 0 Å². The van der Waals surface area contributed by atoms with Crippen LogP contribution in [0.5, 0.6) is 0 Å². The van der Waals surface area contributed by atoms with Crippen molar-refractivity contribution in [3.8, 4) is 0 Å². The summed E-state index contributed by atoms with van der Waals surface area (Å²) in [5.74, 6) is 0.968. The summed E-state index contributed by atoms with van der Waals surface area (Å²) in [6, 6.07) is 0. The molecule has 1 saturated heterocycles. The van der Waals surface area contributed by atoms with E-state index in [1.54, 1.807) is 0 Å². The highest BCUT2D eigenvalue weighted by molar-refractivity contribution is 5.37. The van der Waals surface area contributed by atoms with Crippen LogP contribution in [0.1, 0.15) is 57.8 Å². The van der Waals surface area contributed by atoms with Crippen LogP contribution in [0.15, 0.2) is 0 Å². The van der Waals surface area contributed by atoms with Crippen LogP contribution in [0, 0.1) is 11.3 Å². The molecule has 0 radical (unpaired) electrons. The van der Waals surface area contributed by atoms with Gasteiger partial charge in [-0.3, -0.25) is 4.79 Å². The number of hydrogen-bond acceptors (Lipinski definition) is 3. The summed E-state index contributed by atoms with van der Waals surface area (Å²) in [7, 11) is 0. The molecule has 2 saturated carbocycles. The lowest BCUT2D eigenvalue weighted by atomic mass is 9.61. The summed E-state index contributed by atoms with van der Waals surface area (Å²) >= 11 is 0. The zero-order chi connectivity index (χ0) is 13.1. The van der Waals surface area contributed by atoms with Crippen molar-refractivity contribution < 1.29 is 9.53 Å². The molecule has 19 heavy (non-hydrogen) atoms. The van der Waals surface area contributed by atoms with Gasteiger partial charge in [-0.25, -0.2) is 0 Å². The largest absolute Gasteiger partial charge is 0.465 e. The van der Waals surface area contributed by atoms with Gasteiger partial charge >= 0.3 is 0 Å². The quantitative estimate of drug-likeness (QED) is 0.732. The molecule has 0 atom stereocenters. The van der Waals surface area contributed by atoms with Gasteiger partial charge in [0.2, 0.25) is 0 Å². The number of rotatable bonds is 4. The molecule has 1 aliphatic heterocycles. The number of nitrogens with zero attached hydrogens (tertiary/aromatic N) is 1. The van der Waals surface area contributed by atoms with Gasteiger partial charge in [0.25, 0.3) is 6.47 Å². The van der Waals surface area contributed by atoms with Crippen LogP contribution in [0.25, 0.3) is 0 Å². The average Bonchev–Trinajstić information content (AvgIpc) is 2.41. The molecule has 0 N–H and O–H groups in total.